The molecule has 0 saturated carbocycles. The molecule has 0 bridgehead atoms. The van der Waals surface area contributed by atoms with Gasteiger partial charge in [0.25, 0.3) is 0 Å². The van der Waals surface area contributed by atoms with Gasteiger partial charge in [-0.25, -0.2) is 0 Å². The van der Waals surface area contributed by atoms with Crippen LogP contribution in [0.15, 0.2) is 42.5 Å². The molecule has 0 fully saturated rings. The first-order valence-electron chi connectivity index (χ1n) is 7.44. The van der Waals surface area contributed by atoms with E-state index in [1.807, 2.05) is 6.92 Å². The van der Waals surface area contributed by atoms with Crippen molar-refractivity contribution < 1.29 is 0 Å². The molecule has 0 aliphatic carbocycles. The summed E-state index contributed by atoms with van der Waals surface area (Å²) in [5.74, 6) is 6.14. The Hall–Kier alpha value is -1.78. The molecule has 0 amide bonds. The molecular formula is C19H23N. The van der Waals surface area contributed by atoms with Gasteiger partial charge in [0.05, 0.1) is 0 Å². The van der Waals surface area contributed by atoms with Crippen LogP contribution in [0.4, 0.5) is 0 Å². The molecule has 0 radical (unpaired) electrons. The second-order valence-corrected chi connectivity index (χ2v) is 5.11. The van der Waals surface area contributed by atoms with Gasteiger partial charge in [0.1, 0.15) is 0 Å². The summed E-state index contributed by atoms with van der Waals surface area (Å²) >= 11 is 0. The zero-order valence-electron chi connectivity index (χ0n) is 12.4. The van der Waals surface area contributed by atoms with Crippen molar-refractivity contribution in [1.29, 1.82) is 0 Å². The van der Waals surface area contributed by atoms with Gasteiger partial charge in [0.15, 0.2) is 0 Å². The first-order valence-corrected chi connectivity index (χ1v) is 7.44. The third-order valence-corrected chi connectivity index (χ3v) is 3.58. The Kier molecular flexibility index (Phi) is 5.65. The average Bonchev–Trinajstić information content (AvgIpc) is 2.47. The molecular weight excluding hydrogens is 242 g/mol. The molecule has 0 aromatic heterocycles. The number of likely N-dealkylation sites (N-methyl/N-ethyl adjacent to an activating group) is 1. The third kappa shape index (κ3) is 4.11. The highest BCUT2D eigenvalue weighted by Gasteiger charge is 2.08. The van der Waals surface area contributed by atoms with Crippen LogP contribution in [0.1, 0.15) is 32.3 Å². The van der Waals surface area contributed by atoms with E-state index in [1.54, 1.807) is 0 Å². The first-order chi connectivity index (χ1) is 9.83. The van der Waals surface area contributed by atoms with Crippen LogP contribution in [0.2, 0.25) is 0 Å². The van der Waals surface area contributed by atoms with Crippen LogP contribution in [0.5, 0.6) is 0 Å². The minimum Gasteiger partial charge on any atom is -0.314 e. The molecule has 1 atom stereocenters. The summed E-state index contributed by atoms with van der Waals surface area (Å²) in [6, 6.07) is 15.8. The number of rotatable bonds is 6. The molecule has 20 heavy (non-hydrogen) atoms. The normalized spacial score (nSPS) is 11.9. The van der Waals surface area contributed by atoms with Crippen LogP contribution in [-0.4, -0.2) is 12.6 Å². The molecule has 1 N–H and O–H groups in total. The molecule has 0 saturated heterocycles. The monoisotopic (exact) mass is 265 g/mol. The van der Waals surface area contributed by atoms with E-state index in [-0.39, 0.29) is 0 Å². The van der Waals surface area contributed by atoms with E-state index in [9.17, 15) is 0 Å². The predicted octanol–water partition coefficient (Wildman–Crippen LogP) is 4.16. The first kappa shape index (κ1) is 14.6. The van der Waals surface area contributed by atoms with Crippen molar-refractivity contribution in [1.82, 2.24) is 5.32 Å². The van der Waals surface area contributed by atoms with Crippen molar-refractivity contribution in [2.75, 3.05) is 6.54 Å². The maximum Gasteiger partial charge on any atom is 0.0116 e. The SMILES string of the molecule is CC#CCCC(Cc1ccc2ccccc2c1)NCC. The van der Waals surface area contributed by atoms with Gasteiger partial charge in [-0.15, -0.1) is 11.8 Å². The highest BCUT2D eigenvalue weighted by atomic mass is 14.9. The maximum atomic E-state index is 3.57. The van der Waals surface area contributed by atoms with Gasteiger partial charge in [0, 0.05) is 12.5 Å². The summed E-state index contributed by atoms with van der Waals surface area (Å²) in [6.45, 7) is 5.09. The topological polar surface area (TPSA) is 12.0 Å². The van der Waals surface area contributed by atoms with E-state index in [1.165, 1.54) is 16.3 Å². The quantitative estimate of drug-likeness (QED) is 0.773. The number of nitrogens with one attached hydrogen (secondary N) is 1. The Morgan fingerprint density at radius 3 is 2.65 bits per heavy atom. The lowest BCUT2D eigenvalue weighted by Gasteiger charge is -2.17. The number of hydrogen-bond donors (Lipinski definition) is 1. The third-order valence-electron chi connectivity index (χ3n) is 3.58. The van der Waals surface area contributed by atoms with Crippen molar-refractivity contribution in [2.24, 2.45) is 0 Å². The maximum absolute atomic E-state index is 3.57. The Morgan fingerprint density at radius 1 is 1.10 bits per heavy atom. The minimum atomic E-state index is 0.516. The van der Waals surface area contributed by atoms with E-state index >= 15 is 0 Å². The van der Waals surface area contributed by atoms with E-state index in [2.05, 4.69) is 66.5 Å². The van der Waals surface area contributed by atoms with E-state index < -0.39 is 0 Å². The standard InChI is InChI=1S/C19H23N/c1-3-5-6-11-19(20-4-2)15-16-12-13-17-9-7-8-10-18(17)14-16/h7-10,12-14,19-20H,4,6,11,15H2,1-2H3. The molecule has 0 spiro atoms. The van der Waals surface area contributed by atoms with Gasteiger partial charge >= 0.3 is 0 Å². The van der Waals surface area contributed by atoms with Crippen LogP contribution in [-0.2, 0) is 6.42 Å². The fourth-order valence-corrected chi connectivity index (χ4v) is 2.59. The summed E-state index contributed by atoms with van der Waals surface area (Å²) in [4.78, 5) is 0. The zero-order valence-corrected chi connectivity index (χ0v) is 12.4. The average molecular weight is 265 g/mol. The van der Waals surface area contributed by atoms with Gasteiger partial charge in [0.2, 0.25) is 0 Å². The fourth-order valence-electron chi connectivity index (χ4n) is 2.59. The van der Waals surface area contributed by atoms with Crippen LogP contribution in [0.25, 0.3) is 10.8 Å². The van der Waals surface area contributed by atoms with Gasteiger partial charge in [-0.1, -0.05) is 49.4 Å². The Labute approximate surface area is 122 Å². The number of hydrogen-bond acceptors (Lipinski definition) is 1. The van der Waals surface area contributed by atoms with E-state index in [0.29, 0.717) is 6.04 Å². The lowest BCUT2D eigenvalue weighted by molar-refractivity contribution is 0.497. The molecule has 1 heteroatoms. The largest absolute Gasteiger partial charge is 0.314 e. The molecule has 0 aliphatic heterocycles. The minimum absolute atomic E-state index is 0.516. The predicted molar refractivity (Wildman–Crippen MR) is 87.8 cm³/mol. The molecule has 104 valence electrons. The van der Waals surface area contributed by atoms with Gasteiger partial charge in [-0.2, -0.15) is 0 Å². The molecule has 2 rings (SSSR count). The van der Waals surface area contributed by atoms with Crippen molar-refractivity contribution in [2.45, 2.75) is 39.2 Å². The highest BCUT2D eigenvalue weighted by Crippen LogP contribution is 2.17. The van der Waals surface area contributed by atoms with Gasteiger partial charge < -0.3 is 5.32 Å². The lowest BCUT2D eigenvalue weighted by atomic mass is 9.99. The van der Waals surface area contributed by atoms with Crippen LogP contribution < -0.4 is 5.32 Å². The molecule has 1 nitrogen and oxygen atoms in total. The zero-order chi connectivity index (χ0) is 14.2. The second-order valence-electron chi connectivity index (χ2n) is 5.11. The summed E-state index contributed by atoms with van der Waals surface area (Å²) in [5.41, 5.74) is 1.40. The molecule has 0 heterocycles. The lowest BCUT2D eigenvalue weighted by Crippen LogP contribution is -2.30. The van der Waals surface area contributed by atoms with Crippen molar-refractivity contribution in [3.05, 3.63) is 48.0 Å². The Balaban J connectivity index is 2.08. The highest BCUT2D eigenvalue weighted by molar-refractivity contribution is 5.82. The number of fused-ring (bicyclic) bond motifs is 1. The van der Waals surface area contributed by atoms with Crippen molar-refractivity contribution >= 4 is 10.8 Å². The van der Waals surface area contributed by atoms with Crippen molar-refractivity contribution in [3.8, 4) is 11.8 Å². The van der Waals surface area contributed by atoms with Gasteiger partial charge in [-0.05, 0) is 42.6 Å². The van der Waals surface area contributed by atoms with Crippen molar-refractivity contribution in [3.63, 3.8) is 0 Å². The van der Waals surface area contributed by atoms with E-state index in [0.717, 1.165) is 25.8 Å². The summed E-state index contributed by atoms with van der Waals surface area (Å²) < 4.78 is 0. The molecule has 2 aromatic carbocycles. The summed E-state index contributed by atoms with van der Waals surface area (Å²) in [7, 11) is 0. The molecule has 1 unspecified atom stereocenters. The Morgan fingerprint density at radius 2 is 1.90 bits per heavy atom. The van der Waals surface area contributed by atoms with E-state index in [4.69, 9.17) is 0 Å². The smallest absolute Gasteiger partial charge is 0.0116 e. The number of benzene rings is 2. The molecule has 0 aliphatic rings. The summed E-state index contributed by atoms with van der Waals surface area (Å²) in [6.07, 6.45) is 3.16. The summed E-state index contributed by atoms with van der Waals surface area (Å²) in [5, 5.41) is 6.21. The van der Waals surface area contributed by atoms with Crippen LogP contribution >= 0.6 is 0 Å². The Bertz CT molecular complexity index is 604. The van der Waals surface area contributed by atoms with Crippen LogP contribution in [0, 0.1) is 11.8 Å². The van der Waals surface area contributed by atoms with Crippen LogP contribution in [0.3, 0.4) is 0 Å². The van der Waals surface area contributed by atoms with Gasteiger partial charge in [-0.3, -0.25) is 0 Å². The second kappa shape index (κ2) is 7.72. The molecule has 2 aromatic rings. The fraction of sp³-hybridized carbons (Fsp3) is 0.368.